The molecule has 0 saturated heterocycles. The Bertz CT molecular complexity index is 1910. The molecule has 3 aliphatic rings. The number of hydrogen-bond acceptors (Lipinski definition) is 8. The lowest BCUT2D eigenvalue weighted by atomic mass is 9.83. The van der Waals surface area contributed by atoms with Crippen molar-refractivity contribution in [2.75, 3.05) is 6.54 Å². The van der Waals surface area contributed by atoms with Crippen molar-refractivity contribution < 1.29 is 43.4 Å². The summed E-state index contributed by atoms with van der Waals surface area (Å²) in [6.45, 7) is 1.08. The predicted octanol–water partition coefficient (Wildman–Crippen LogP) is 4.21. The van der Waals surface area contributed by atoms with Gasteiger partial charge >= 0.3 is 5.97 Å². The molecule has 2 heterocycles. The molecule has 6 N–H and O–H groups in total. The summed E-state index contributed by atoms with van der Waals surface area (Å²) in [6.07, 6.45) is 7.24. The van der Waals surface area contributed by atoms with Crippen molar-refractivity contribution in [1.29, 1.82) is 0 Å². The molecule has 3 aromatic carbocycles. The Morgan fingerprint density at radius 3 is 2.22 bits per heavy atom. The second-order valence-electron chi connectivity index (χ2n) is 15.0. The first-order valence-corrected chi connectivity index (χ1v) is 20.2. The van der Waals surface area contributed by atoms with Gasteiger partial charge in [0.2, 0.25) is 29.4 Å². The topological polar surface area (TPSA) is 209 Å². The van der Waals surface area contributed by atoms with Gasteiger partial charge in [0.15, 0.2) is 6.04 Å². The van der Waals surface area contributed by atoms with Gasteiger partial charge in [-0.2, -0.15) is 0 Å². The van der Waals surface area contributed by atoms with Gasteiger partial charge < -0.3 is 36.4 Å². The lowest BCUT2D eigenvalue weighted by Gasteiger charge is -2.31. The Balaban J connectivity index is 1.34. The molecule has 1 fully saturated rings. The number of nitrogens with one attached hydrogen (secondary N) is 5. The van der Waals surface area contributed by atoms with E-state index in [2.05, 4.69) is 26.6 Å². The molecule has 5 amide bonds. The van der Waals surface area contributed by atoms with Crippen LogP contribution >= 0.6 is 0 Å². The van der Waals surface area contributed by atoms with Crippen molar-refractivity contribution in [3.63, 3.8) is 0 Å². The smallest absolute Gasteiger partial charge is 0.330 e. The molecular formula is C44H53N5O9. The average Bonchev–Trinajstić information content (AvgIpc) is 3.22. The van der Waals surface area contributed by atoms with E-state index >= 15 is 0 Å². The third-order valence-electron chi connectivity index (χ3n) is 10.5. The van der Waals surface area contributed by atoms with Gasteiger partial charge in [-0.1, -0.05) is 87.2 Å². The number of rotatable bonds is 12. The summed E-state index contributed by atoms with van der Waals surface area (Å²) in [7, 11) is 0. The zero-order valence-corrected chi connectivity index (χ0v) is 32.8. The van der Waals surface area contributed by atoms with E-state index in [1.807, 2.05) is 24.3 Å². The summed E-state index contributed by atoms with van der Waals surface area (Å²) in [5.74, 6) is -4.79. The number of carbonyl (C=O) groups excluding carboxylic acids is 6. The fourth-order valence-corrected chi connectivity index (χ4v) is 7.41. The minimum absolute atomic E-state index is 0.00932. The van der Waals surface area contributed by atoms with Crippen LogP contribution in [0.1, 0.15) is 93.9 Å². The van der Waals surface area contributed by atoms with Gasteiger partial charge in [-0.05, 0) is 85.4 Å². The SMILES string of the molecule is CCCC(NC(=O)[C@@H]1Cc2cccc(c2)Oc2ccc(cc2)CCCCC(=O)N[C@@H](C2CCCCC2)C(=O)N1)C(=O)C(=O)NCC(=O)N[C@H](C(=O)O)c1ccccc1. The van der Waals surface area contributed by atoms with Crippen LogP contribution in [0.2, 0.25) is 0 Å². The van der Waals surface area contributed by atoms with Gasteiger partial charge in [0, 0.05) is 12.8 Å². The van der Waals surface area contributed by atoms with Crippen LogP contribution < -0.4 is 31.3 Å². The number of fused-ring (bicyclic) bond motifs is 12. The fourth-order valence-electron chi connectivity index (χ4n) is 7.41. The number of aryl methyl sites for hydroxylation is 1. The Kier molecular flexibility index (Phi) is 15.9. The molecule has 58 heavy (non-hydrogen) atoms. The first kappa shape index (κ1) is 43.1. The van der Waals surface area contributed by atoms with Crippen LogP contribution in [-0.4, -0.2) is 71.1 Å². The van der Waals surface area contributed by atoms with E-state index in [4.69, 9.17) is 4.74 Å². The van der Waals surface area contributed by atoms with Crippen LogP contribution in [0.4, 0.5) is 0 Å². The van der Waals surface area contributed by atoms with E-state index in [9.17, 15) is 38.7 Å². The highest BCUT2D eigenvalue weighted by Crippen LogP contribution is 2.28. The molecule has 6 rings (SSSR count). The van der Waals surface area contributed by atoms with E-state index in [0.29, 0.717) is 35.5 Å². The summed E-state index contributed by atoms with van der Waals surface area (Å²) in [5, 5.41) is 22.7. The van der Waals surface area contributed by atoms with Crippen molar-refractivity contribution in [3.05, 3.63) is 95.6 Å². The number of carbonyl (C=O) groups is 7. The third-order valence-corrected chi connectivity index (χ3v) is 10.5. The van der Waals surface area contributed by atoms with Crippen LogP contribution in [0.5, 0.6) is 11.5 Å². The van der Waals surface area contributed by atoms with Crippen LogP contribution in [0.25, 0.3) is 0 Å². The van der Waals surface area contributed by atoms with E-state index in [0.717, 1.165) is 50.5 Å². The lowest BCUT2D eigenvalue weighted by Crippen LogP contribution is -2.59. The normalized spacial score (nSPS) is 19.0. The average molecular weight is 796 g/mol. The monoisotopic (exact) mass is 795 g/mol. The molecule has 1 unspecified atom stereocenters. The second-order valence-corrected chi connectivity index (χ2v) is 15.0. The molecule has 4 atom stereocenters. The zero-order valence-electron chi connectivity index (χ0n) is 32.8. The maximum Gasteiger partial charge on any atom is 0.330 e. The summed E-state index contributed by atoms with van der Waals surface area (Å²) < 4.78 is 6.12. The van der Waals surface area contributed by atoms with Gasteiger partial charge in [-0.25, -0.2) is 4.79 Å². The second kappa shape index (κ2) is 21.5. The predicted molar refractivity (Wildman–Crippen MR) is 214 cm³/mol. The maximum atomic E-state index is 14.2. The highest BCUT2D eigenvalue weighted by Gasteiger charge is 2.35. The van der Waals surface area contributed by atoms with Crippen molar-refractivity contribution in [3.8, 4) is 11.5 Å². The molecular weight excluding hydrogens is 743 g/mol. The maximum absolute atomic E-state index is 14.2. The Morgan fingerprint density at radius 2 is 1.52 bits per heavy atom. The number of hydrogen-bond donors (Lipinski definition) is 6. The van der Waals surface area contributed by atoms with Crippen LogP contribution in [0, 0.1) is 5.92 Å². The molecule has 4 bridgehead atoms. The van der Waals surface area contributed by atoms with Gasteiger partial charge in [0.1, 0.15) is 23.6 Å². The summed E-state index contributed by atoms with van der Waals surface area (Å²) in [4.78, 5) is 92.7. The Morgan fingerprint density at radius 1 is 0.793 bits per heavy atom. The van der Waals surface area contributed by atoms with Gasteiger partial charge in [-0.15, -0.1) is 0 Å². The van der Waals surface area contributed by atoms with Crippen LogP contribution in [-0.2, 0) is 46.4 Å². The van der Waals surface area contributed by atoms with Crippen molar-refractivity contribution in [2.24, 2.45) is 5.92 Å². The van der Waals surface area contributed by atoms with E-state index in [-0.39, 0.29) is 31.1 Å². The summed E-state index contributed by atoms with van der Waals surface area (Å²) >= 11 is 0. The van der Waals surface area contributed by atoms with Crippen molar-refractivity contribution in [1.82, 2.24) is 26.6 Å². The van der Waals surface area contributed by atoms with Crippen molar-refractivity contribution >= 4 is 41.3 Å². The molecule has 2 aliphatic heterocycles. The summed E-state index contributed by atoms with van der Waals surface area (Å²) in [6, 6.07) is 18.0. The number of ether oxygens (including phenoxy) is 1. The first-order valence-electron chi connectivity index (χ1n) is 20.2. The number of carboxylic acids is 1. The summed E-state index contributed by atoms with van der Waals surface area (Å²) in [5.41, 5.74) is 2.07. The fraction of sp³-hybridized carbons (Fsp3) is 0.432. The molecule has 1 aliphatic carbocycles. The minimum atomic E-state index is -1.38. The molecule has 14 heteroatoms. The Labute approximate surface area is 338 Å². The molecule has 0 radical (unpaired) electrons. The largest absolute Gasteiger partial charge is 0.479 e. The molecule has 14 nitrogen and oxygen atoms in total. The minimum Gasteiger partial charge on any atom is -0.479 e. The quantitative estimate of drug-likeness (QED) is 0.145. The number of aliphatic carboxylic acids is 1. The molecule has 3 aromatic rings. The van der Waals surface area contributed by atoms with E-state index in [1.54, 1.807) is 49.4 Å². The third kappa shape index (κ3) is 12.7. The first-order chi connectivity index (χ1) is 28.0. The van der Waals surface area contributed by atoms with Crippen LogP contribution in [0.15, 0.2) is 78.9 Å². The van der Waals surface area contributed by atoms with E-state index < -0.39 is 66.1 Å². The van der Waals surface area contributed by atoms with Crippen LogP contribution in [0.3, 0.4) is 0 Å². The molecule has 1 saturated carbocycles. The number of Topliss-reactive ketones (excluding diaryl/α,β-unsaturated/α-hetero) is 1. The number of benzene rings is 3. The van der Waals surface area contributed by atoms with Gasteiger partial charge in [0.25, 0.3) is 5.91 Å². The highest BCUT2D eigenvalue weighted by atomic mass is 16.5. The Hall–Kier alpha value is -6.05. The van der Waals surface area contributed by atoms with Gasteiger partial charge in [0.05, 0.1) is 12.6 Å². The zero-order chi connectivity index (χ0) is 41.4. The molecule has 0 aromatic heterocycles. The van der Waals surface area contributed by atoms with Gasteiger partial charge in [-0.3, -0.25) is 28.8 Å². The number of amides is 5. The number of carboxylic acid groups (broad SMARTS) is 1. The standard InChI is InChI=1S/C44H53N5O9/c1-2-12-34(40(52)43(55)45-27-37(51)49-39(44(56)57)31-17-7-4-8-18-31)46-41(53)35-26-29-14-11-19-33(25-29)58-32-23-21-28(22-24-32)13-9-10-20-36(50)48-38(42(54)47-35)30-15-5-3-6-16-30/h4,7-8,11,14,17-19,21-25,30,34-35,38-39H,2-3,5-6,9-10,12-13,15-16,20,26-27H2,1H3,(H,45,55)(H,46,53)(H,47,54)(H,48,50)(H,49,51)(H,56,57)/t34?,35-,38-,39-/m0/s1. The highest BCUT2D eigenvalue weighted by molar-refractivity contribution is 6.38. The van der Waals surface area contributed by atoms with E-state index in [1.165, 1.54) is 12.1 Å². The molecule has 308 valence electrons. The molecule has 0 spiro atoms. The number of ketones is 1. The lowest BCUT2D eigenvalue weighted by molar-refractivity contribution is -0.142. The van der Waals surface area contributed by atoms with Crippen molar-refractivity contribution in [2.45, 2.75) is 108 Å².